The first-order valence-electron chi connectivity index (χ1n) is 6.76. The maximum Gasteiger partial charge on any atom is 0.328 e. The number of hydrogen-bond donors (Lipinski definition) is 1. The van der Waals surface area contributed by atoms with Crippen LogP contribution in [-0.4, -0.2) is 41.2 Å². The average Bonchev–Trinajstić information content (AvgIpc) is 2.55. The summed E-state index contributed by atoms with van der Waals surface area (Å²) in [5, 5.41) is 8.57. The van der Waals surface area contributed by atoms with Crippen molar-refractivity contribution in [2.45, 2.75) is 0 Å². The van der Waals surface area contributed by atoms with E-state index >= 15 is 0 Å². The summed E-state index contributed by atoms with van der Waals surface area (Å²) in [6.07, 6.45) is 7.62. The van der Waals surface area contributed by atoms with Crippen LogP contribution in [0, 0.1) is 0 Å². The van der Waals surface area contributed by atoms with Crippen LogP contribution in [0.5, 0.6) is 5.75 Å². The van der Waals surface area contributed by atoms with Crippen molar-refractivity contribution < 1.29 is 14.6 Å². The number of carbonyl (C=O) groups is 1. The zero-order valence-electron chi connectivity index (χ0n) is 12.2. The highest BCUT2D eigenvalue weighted by Gasteiger charge is 2.02. The first-order valence-corrected chi connectivity index (χ1v) is 6.76. The van der Waals surface area contributed by atoms with Crippen LogP contribution in [0.1, 0.15) is 5.56 Å². The second kappa shape index (κ2) is 7.78. The van der Waals surface area contributed by atoms with Gasteiger partial charge in [0.1, 0.15) is 18.2 Å². The number of hydrogen-bond acceptors (Lipinski definition) is 5. The zero-order valence-corrected chi connectivity index (χ0v) is 12.2. The first kappa shape index (κ1) is 15.5. The third-order valence-corrected chi connectivity index (χ3v) is 2.93. The van der Waals surface area contributed by atoms with Crippen molar-refractivity contribution >= 4 is 17.9 Å². The summed E-state index contributed by atoms with van der Waals surface area (Å²) in [4.78, 5) is 20.6. The Bertz CT molecular complexity index is 627. The molecule has 0 atom stereocenters. The van der Waals surface area contributed by atoms with Gasteiger partial charge in [-0.15, -0.1) is 0 Å². The number of carboxylic acids is 1. The molecular formula is C16H17N3O3. The lowest BCUT2D eigenvalue weighted by molar-refractivity contribution is -0.131. The zero-order chi connectivity index (χ0) is 15.8. The molecule has 2 aromatic rings. The Morgan fingerprint density at radius 3 is 2.73 bits per heavy atom. The standard InChI is InChI=1S/C16H17N3O3/c1-19(15-12-17-8-9-18-15)10-11-22-14-5-2-13(3-6-14)4-7-16(20)21/h2-9,12H,10-11H2,1H3,(H,20,21)/b7-4+. The van der Waals surface area contributed by atoms with Crippen molar-refractivity contribution in [3.63, 3.8) is 0 Å². The van der Waals surface area contributed by atoms with E-state index in [2.05, 4.69) is 9.97 Å². The number of benzene rings is 1. The lowest BCUT2D eigenvalue weighted by atomic mass is 10.2. The van der Waals surface area contributed by atoms with E-state index in [0.29, 0.717) is 13.2 Å². The second-order valence-corrected chi connectivity index (χ2v) is 4.57. The van der Waals surface area contributed by atoms with Crippen LogP contribution in [-0.2, 0) is 4.79 Å². The van der Waals surface area contributed by atoms with Crippen LogP contribution in [0.3, 0.4) is 0 Å². The molecule has 0 aliphatic heterocycles. The van der Waals surface area contributed by atoms with E-state index < -0.39 is 5.97 Å². The highest BCUT2D eigenvalue weighted by atomic mass is 16.5. The van der Waals surface area contributed by atoms with E-state index in [1.165, 1.54) is 6.08 Å². The molecule has 0 saturated carbocycles. The van der Waals surface area contributed by atoms with Crippen molar-refractivity contribution in [2.24, 2.45) is 0 Å². The monoisotopic (exact) mass is 299 g/mol. The van der Waals surface area contributed by atoms with Gasteiger partial charge in [-0.3, -0.25) is 4.98 Å². The number of nitrogens with zero attached hydrogens (tertiary/aromatic N) is 3. The molecule has 22 heavy (non-hydrogen) atoms. The molecule has 0 aliphatic carbocycles. The summed E-state index contributed by atoms with van der Waals surface area (Å²) >= 11 is 0. The van der Waals surface area contributed by atoms with Crippen LogP contribution in [0.4, 0.5) is 5.82 Å². The van der Waals surface area contributed by atoms with E-state index in [-0.39, 0.29) is 0 Å². The first-order chi connectivity index (χ1) is 10.6. The van der Waals surface area contributed by atoms with Gasteiger partial charge in [-0.2, -0.15) is 0 Å². The summed E-state index contributed by atoms with van der Waals surface area (Å²) in [5.74, 6) is 0.563. The third-order valence-electron chi connectivity index (χ3n) is 2.93. The highest BCUT2D eigenvalue weighted by molar-refractivity contribution is 5.85. The average molecular weight is 299 g/mol. The number of likely N-dealkylation sites (N-methyl/N-ethyl adjacent to an activating group) is 1. The van der Waals surface area contributed by atoms with Gasteiger partial charge in [0.25, 0.3) is 0 Å². The largest absolute Gasteiger partial charge is 0.492 e. The van der Waals surface area contributed by atoms with Crippen LogP contribution in [0.25, 0.3) is 6.08 Å². The number of rotatable bonds is 7. The molecule has 6 heteroatoms. The summed E-state index contributed by atoms with van der Waals surface area (Å²) < 4.78 is 5.65. The smallest absolute Gasteiger partial charge is 0.328 e. The molecule has 0 unspecified atom stereocenters. The molecule has 0 aliphatic rings. The number of carboxylic acid groups (broad SMARTS) is 1. The predicted octanol–water partition coefficient (Wildman–Crippen LogP) is 2.09. The molecule has 0 amide bonds. The maximum absolute atomic E-state index is 10.4. The van der Waals surface area contributed by atoms with E-state index in [0.717, 1.165) is 23.2 Å². The van der Waals surface area contributed by atoms with Gasteiger partial charge in [0.2, 0.25) is 0 Å². The lowest BCUT2D eigenvalue weighted by Crippen LogP contribution is -2.24. The quantitative estimate of drug-likeness (QED) is 0.789. The molecular weight excluding hydrogens is 282 g/mol. The molecule has 0 fully saturated rings. The number of anilines is 1. The van der Waals surface area contributed by atoms with E-state index in [4.69, 9.17) is 9.84 Å². The summed E-state index contributed by atoms with van der Waals surface area (Å²) in [6, 6.07) is 7.23. The van der Waals surface area contributed by atoms with Crippen LogP contribution in [0.15, 0.2) is 48.9 Å². The van der Waals surface area contributed by atoms with Crippen LogP contribution >= 0.6 is 0 Å². The molecule has 114 valence electrons. The summed E-state index contributed by atoms with van der Waals surface area (Å²) in [7, 11) is 1.92. The Morgan fingerprint density at radius 2 is 2.09 bits per heavy atom. The highest BCUT2D eigenvalue weighted by Crippen LogP contribution is 2.13. The molecule has 6 nitrogen and oxygen atoms in total. The minimum atomic E-state index is -0.965. The van der Waals surface area contributed by atoms with Crippen LogP contribution < -0.4 is 9.64 Å². The molecule has 0 spiro atoms. The Hall–Kier alpha value is -2.89. The fourth-order valence-corrected chi connectivity index (χ4v) is 1.75. The lowest BCUT2D eigenvalue weighted by Gasteiger charge is -2.17. The fourth-order valence-electron chi connectivity index (χ4n) is 1.75. The molecule has 0 radical (unpaired) electrons. The normalized spacial score (nSPS) is 10.6. The van der Waals surface area contributed by atoms with Crippen molar-refractivity contribution in [1.29, 1.82) is 0 Å². The fraction of sp³-hybridized carbons (Fsp3) is 0.188. The van der Waals surface area contributed by atoms with Crippen molar-refractivity contribution in [3.8, 4) is 5.75 Å². The summed E-state index contributed by atoms with van der Waals surface area (Å²) in [6.45, 7) is 1.19. The van der Waals surface area contributed by atoms with Crippen LogP contribution in [0.2, 0.25) is 0 Å². The molecule has 1 aromatic carbocycles. The van der Waals surface area contributed by atoms with Crippen molar-refractivity contribution in [1.82, 2.24) is 9.97 Å². The van der Waals surface area contributed by atoms with Crippen molar-refractivity contribution in [2.75, 3.05) is 25.1 Å². The van der Waals surface area contributed by atoms with Gasteiger partial charge in [0.15, 0.2) is 0 Å². The van der Waals surface area contributed by atoms with Gasteiger partial charge in [-0.1, -0.05) is 12.1 Å². The van der Waals surface area contributed by atoms with E-state index in [1.54, 1.807) is 30.7 Å². The third kappa shape index (κ3) is 4.90. The van der Waals surface area contributed by atoms with Gasteiger partial charge in [-0.25, -0.2) is 9.78 Å². The molecule has 2 rings (SSSR count). The van der Waals surface area contributed by atoms with E-state index in [1.807, 2.05) is 24.1 Å². The number of aromatic nitrogens is 2. The minimum Gasteiger partial charge on any atom is -0.492 e. The Morgan fingerprint density at radius 1 is 1.32 bits per heavy atom. The SMILES string of the molecule is CN(CCOc1ccc(/C=C/C(=O)O)cc1)c1cnccn1. The summed E-state index contributed by atoms with van der Waals surface area (Å²) in [5.41, 5.74) is 0.812. The number of ether oxygens (including phenoxy) is 1. The van der Waals surface area contributed by atoms with Gasteiger partial charge in [-0.05, 0) is 23.8 Å². The number of aliphatic carboxylic acids is 1. The molecule has 1 N–H and O–H groups in total. The Labute approximate surface area is 128 Å². The second-order valence-electron chi connectivity index (χ2n) is 4.57. The van der Waals surface area contributed by atoms with Gasteiger partial charge >= 0.3 is 5.97 Å². The van der Waals surface area contributed by atoms with Gasteiger partial charge < -0.3 is 14.7 Å². The van der Waals surface area contributed by atoms with Gasteiger partial charge in [0, 0.05) is 25.5 Å². The Balaban J connectivity index is 1.81. The molecule has 1 aromatic heterocycles. The Kier molecular flexibility index (Phi) is 5.48. The minimum absolute atomic E-state index is 0.511. The predicted molar refractivity (Wildman–Crippen MR) is 83.9 cm³/mol. The maximum atomic E-state index is 10.4. The topological polar surface area (TPSA) is 75.5 Å². The molecule has 0 bridgehead atoms. The van der Waals surface area contributed by atoms with E-state index in [9.17, 15) is 4.79 Å². The van der Waals surface area contributed by atoms with Crippen molar-refractivity contribution in [3.05, 3.63) is 54.5 Å². The van der Waals surface area contributed by atoms with Gasteiger partial charge in [0.05, 0.1) is 12.7 Å². The molecule has 0 saturated heterocycles. The molecule has 1 heterocycles.